The van der Waals surface area contributed by atoms with Gasteiger partial charge in [-0.3, -0.25) is 4.79 Å². The quantitative estimate of drug-likeness (QED) is 0.428. The minimum atomic E-state index is -0.180. The summed E-state index contributed by atoms with van der Waals surface area (Å²) in [6, 6.07) is 23.0. The van der Waals surface area contributed by atoms with Crippen molar-refractivity contribution in [3.63, 3.8) is 0 Å². The first kappa shape index (κ1) is 18.8. The maximum Gasteiger partial charge on any atom is 0.255 e. The number of hydrogen-bond donors (Lipinski definition) is 1. The van der Waals surface area contributed by atoms with Crippen LogP contribution in [-0.2, 0) is 6.54 Å². The Kier molecular flexibility index (Phi) is 4.80. The van der Waals surface area contributed by atoms with Crippen molar-refractivity contribution in [1.82, 2.24) is 14.7 Å². The summed E-state index contributed by atoms with van der Waals surface area (Å²) >= 11 is 0. The second-order valence-electron chi connectivity index (χ2n) is 7.36. The van der Waals surface area contributed by atoms with Crippen LogP contribution in [0.5, 0.6) is 0 Å². The van der Waals surface area contributed by atoms with Crippen molar-refractivity contribution in [3.05, 3.63) is 102 Å². The number of aromatic nitrogens is 3. The molecule has 0 bridgehead atoms. The van der Waals surface area contributed by atoms with Crippen LogP contribution in [-0.4, -0.2) is 20.6 Å². The molecule has 0 aliphatic rings. The first-order chi connectivity index (χ1) is 15.2. The van der Waals surface area contributed by atoms with E-state index in [1.165, 1.54) is 0 Å². The van der Waals surface area contributed by atoms with E-state index in [4.69, 9.17) is 4.52 Å². The van der Waals surface area contributed by atoms with Gasteiger partial charge in [0.1, 0.15) is 11.3 Å². The molecule has 2 heterocycles. The zero-order valence-corrected chi connectivity index (χ0v) is 16.9. The van der Waals surface area contributed by atoms with E-state index in [9.17, 15) is 4.79 Å². The number of carbonyl (C=O) groups is 1. The molecular weight excluding hydrogens is 388 g/mol. The van der Waals surface area contributed by atoms with Crippen molar-refractivity contribution in [2.24, 2.45) is 0 Å². The topological polar surface area (TPSA) is 73.0 Å². The van der Waals surface area contributed by atoms with Crippen molar-refractivity contribution < 1.29 is 9.32 Å². The Balaban J connectivity index is 1.35. The highest BCUT2D eigenvalue weighted by Gasteiger charge is 2.14. The van der Waals surface area contributed by atoms with Gasteiger partial charge >= 0.3 is 0 Å². The van der Waals surface area contributed by atoms with Crippen molar-refractivity contribution >= 4 is 22.5 Å². The largest absolute Gasteiger partial charge is 0.355 e. The number of fused-ring (bicyclic) bond motifs is 1. The van der Waals surface area contributed by atoms with Crippen LogP contribution >= 0.6 is 0 Å². The van der Waals surface area contributed by atoms with Gasteiger partial charge < -0.3 is 14.4 Å². The molecule has 0 atom stereocenters. The lowest BCUT2D eigenvalue weighted by molar-refractivity contribution is 0.102. The Hall–Kier alpha value is -4.19. The van der Waals surface area contributed by atoms with E-state index < -0.39 is 0 Å². The molecule has 0 aliphatic carbocycles. The molecule has 31 heavy (non-hydrogen) atoms. The Morgan fingerprint density at radius 1 is 1.03 bits per heavy atom. The fourth-order valence-corrected chi connectivity index (χ4v) is 3.54. The van der Waals surface area contributed by atoms with Crippen LogP contribution in [0.3, 0.4) is 0 Å². The van der Waals surface area contributed by atoms with E-state index >= 15 is 0 Å². The van der Waals surface area contributed by atoms with Crippen LogP contribution in [0.25, 0.3) is 22.2 Å². The molecule has 2 aromatic heterocycles. The molecule has 1 amide bonds. The van der Waals surface area contributed by atoms with Crippen LogP contribution in [0.4, 0.5) is 5.69 Å². The average Bonchev–Trinajstić information content (AvgIpc) is 3.41. The van der Waals surface area contributed by atoms with E-state index in [1.54, 1.807) is 18.3 Å². The Morgan fingerprint density at radius 3 is 2.58 bits per heavy atom. The van der Waals surface area contributed by atoms with Gasteiger partial charge in [0.2, 0.25) is 0 Å². The molecule has 0 aliphatic heterocycles. The van der Waals surface area contributed by atoms with Gasteiger partial charge in [0.15, 0.2) is 5.76 Å². The predicted molar refractivity (Wildman–Crippen MR) is 120 cm³/mol. The molecule has 0 saturated carbocycles. The lowest BCUT2D eigenvalue weighted by Crippen LogP contribution is -2.11. The van der Waals surface area contributed by atoms with Gasteiger partial charge in [-0.2, -0.15) is 0 Å². The summed E-state index contributed by atoms with van der Waals surface area (Å²) in [6.07, 6.45) is 3.75. The molecule has 1 N–H and O–H groups in total. The number of hydrogen-bond acceptors (Lipinski definition) is 4. The molecule has 0 spiro atoms. The maximum absolute atomic E-state index is 12.8. The van der Waals surface area contributed by atoms with Crippen molar-refractivity contribution in [2.75, 3.05) is 5.32 Å². The van der Waals surface area contributed by atoms with Gasteiger partial charge in [-0.15, -0.1) is 0 Å². The first-order valence-corrected chi connectivity index (χ1v) is 10.0. The monoisotopic (exact) mass is 408 g/mol. The highest BCUT2D eigenvalue weighted by atomic mass is 16.5. The predicted octanol–water partition coefficient (Wildman–Crippen LogP) is 5.30. The third-order valence-electron chi connectivity index (χ3n) is 5.26. The van der Waals surface area contributed by atoms with Crippen LogP contribution in [0, 0.1) is 6.92 Å². The summed E-state index contributed by atoms with van der Waals surface area (Å²) in [5.74, 6) is 1.45. The molecule has 5 rings (SSSR count). The van der Waals surface area contributed by atoms with Crippen LogP contribution in [0.1, 0.15) is 21.7 Å². The molecule has 0 saturated heterocycles. The smallest absolute Gasteiger partial charge is 0.255 e. The van der Waals surface area contributed by atoms with E-state index in [-0.39, 0.29) is 5.91 Å². The van der Waals surface area contributed by atoms with Crippen LogP contribution < -0.4 is 5.32 Å². The SMILES string of the molecule is Cc1nccn1Cc1ccc(NC(=O)c2ccc3noc(-c4ccccc4)c3c2)cc1. The van der Waals surface area contributed by atoms with E-state index in [0.29, 0.717) is 11.3 Å². The number of imidazole rings is 1. The maximum atomic E-state index is 12.8. The summed E-state index contributed by atoms with van der Waals surface area (Å²) in [7, 11) is 0. The minimum absolute atomic E-state index is 0.180. The summed E-state index contributed by atoms with van der Waals surface area (Å²) < 4.78 is 7.61. The number of benzene rings is 3. The molecular formula is C25H20N4O2. The van der Waals surface area contributed by atoms with Gasteiger partial charge in [-0.05, 0) is 42.8 Å². The number of nitrogens with zero attached hydrogens (tertiary/aromatic N) is 3. The standard InChI is InChI=1S/C25H20N4O2/c1-17-26-13-14-29(17)16-18-7-10-21(11-8-18)27-25(30)20-9-12-23-22(15-20)24(31-28-23)19-5-3-2-4-6-19/h2-15H,16H2,1H3,(H,27,30). The van der Waals surface area contributed by atoms with Crippen molar-refractivity contribution in [3.8, 4) is 11.3 Å². The van der Waals surface area contributed by atoms with Gasteiger partial charge in [-0.25, -0.2) is 4.98 Å². The normalized spacial score (nSPS) is 11.0. The first-order valence-electron chi connectivity index (χ1n) is 10.0. The van der Waals surface area contributed by atoms with Crippen molar-refractivity contribution in [2.45, 2.75) is 13.5 Å². The minimum Gasteiger partial charge on any atom is -0.355 e. The zero-order valence-electron chi connectivity index (χ0n) is 16.9. The molecule has 0 fully saturated rings. The molecule has 6 nitrogen and oxygen atoms in total. The van der Waals surface area contributed by atoms with Gasteiger partial charge in [0.05, 0.1) is 5.39 Å². The van der Waals surface area contributed by atoms with Gasteiger partial charge in [0.25, 0.3) is 5.91 Å². The molecule has 3 aromatic carbocycles. The summed E-state index contributed by atoms with van der Waals surface area (Å²) in [5, 5.41) is 7.89. The second kappa shape index (κ2) is 7.91. The van der Waals surface area contributed by atoms with Crippen LogP contribution in [0.15, 0.2) is 89.7 Å². The van der Waals surface area contributed by atoms with Crippen LogP contribution in [0.2, 0.25) is 0 Å². The number of nitrogens with one attached hydrogen (secondary N) is 1. The average molecular weight is 408 g/mol. The Morgan fingerprint density at radius 2 is 1.84 bits per heavy atom. The third kappa shape index (κ3) is 3.83. The van der Waals surface area contributed by atoms with E-state index in [2.05, 4.69) is 20.0 Å². The lowest BCUT2D eigenvalue weighted by Gasteiger charge is -2.08. The molecule has 0 unspecified atom stereocenters. The number of carbonyl (C=O) groups excluding carboxylic acids is 1. The third-order valence-corrected chi connectivity index (χ3v) is 5.26. The molecule has 5 aromatic rings. The molecule has 6 heteroatoms. The Labute approximate surface area is 179 Å². The summed E-state index contributed by atoms with van der Waals surface area (Å²) in [5.41, 5.74) is 4.06. The highest BCUT2D eigenvalue weighted by molar-refractivity contribution is 6.07. The summed E-state index contributed by atoms with van der Waals surface area (Å²) in [4.78, 5) is 17.1. The molecule has 0 radical (unpaired) electrons. The van der Waals surface area contributed by atoms with E-state index in [1.807, 2.05) is 73.8 Å². The lowest BCUT2D eigenvalue weighted by atomic mass is 10.1. The highest BCUT2D eigenvalue weighted by Crippen LogP contribution is 2.29. The second-order valence-corrected chi connectivity index (χ2v) is 7.36. The Bertz CT molecular complexity index is 1350. The number of aryl methyl sites for hydroxylation is 1. The summed E-state index contributed by atoms with van der Waals surface area (Å²) in [6.45, 7) is 2.72. The molecule has 152 valence electrons. The number of amides is 1. The van der Waals surface area contributed by atoms with Gasteiger partial charge in [-0.1, -0.05) is 47.6 Å². The fraction of sp³-hybridized carbons (Fsp3) is 0.0800. The van der Waals surface area contributed by atoms with Crippen molar-refractivity contribution in [1.29, 1.82) is 0 Å². The van der Waals surface area contributed by atoms with E-state index in [0.717, 1.165) is 40.1 Å². The number of anilines is 1. The number of rotatable bonds is 5. The fourth-order valence-electron chi connectivity index (χ4n) is 3.54. The van der Waals surface area contributed by atoms with Gasteiger partial charge in [0, 0.05) is 35.8 Å². The zero-order chi connectivity index (χ0) is 21.2.